The summed E-state index contributed by atoms with van der Waals surface area (Å²) in [6.45, 7) is 1.93. The average Bonchev–Trinajstić information content (AvgIpc) is 2.91. The van der Waals surface area contributed by atoms with Gasteiger partial charge in [-0.15, -0.1) is 0 Å². The van der Waals surface area contributed by atoms with Crippen LogP contribution in [-0.2, 0) is 10.2 Å². The van der Waals surface area contributed by atoms with Gasteiger partial charge in [0.15, 0.2) is 11.6 Å². The van der Waals surface area contributed by atoms with E-state index in [0.29, 0.717) is 22.4 Å². The third kappa shape index (κ3) is 2.83. The maximum Gasteiger partial charge on any atom is 0.226 e. The molecule has 3 aromatic rings. The Morgan fingerprint density at radius 1 is 0.821 bits per heavy atom. The molecule has 1 amide bonds. The molecule has 3 aromatic carbocycles. The minimum Gasteiger partial charge on any atom is -0.326 e. The van der Waals surface area contributed by atoms with Gasteiger partial charge in [-0.25, -0.2) is 0 Å². The number of ketones is 2. The fourth-order valence-corrected chi connectivity index (χ4v) is 3.86. The van der Waals surface area contributed by atoms with Gasteiger partial charge in [0.05, 0.1) is 6.42 Å². The molecule has 0 saturated carbocycles. The van der Waals surface area contributed by atoms with Crippen LogP contribution >= 0.6 is 0 Å². The quantitative estimate of drug-likeness (QED) is 0.696. The Bertz CT molecular complexity index is 1050. The van der Waals surface area contributed by atoms with Gasteiger partial charge in [-0.3, -0.25) is 14.4 Å². The van der Waals surface area contributed by atoms with E-state index < -0.39 is 5.41 Å². The molecule has 1 aliphatic rings. The van der Waals surface area contributed by atoms with Crippen LogP contribution in [0.15, 0.2) is 78.9 Å². The number of hydrogen-bond acceptors (Lipinski definition) is 3. The predicted octanol–water partition coefficient (Wildman–Crippen LogP) is 4.34. The number of amides is 1. The van der Waals surface area contributed by atoms with E-state index in [0.717, 1.165) is 5.56 Å². The minimum atomic E-state index is -1.53. The summed E-state index contributed by atoms with van der Waals surface area (Å²) in [5.74, 6) is -1.01. The van der Waals surface area contributed by atoms with Crippen LogP contribution in [0.2, 0.25) is 0 Å². The number of carbonyl (C=O) groups excluding carboxylic acids is 3. The van der Waals surface area contributed by atoms with Crippen molar-refractivity contribution in [2.75, 3.05) is 5.32 Å². The lowest BCUT2D eigenvalue weighted by Gasteiger charge is -2.26. The highest BCUT2D eigenvalue weighted by Gasteiger charge is 2.55. The topological polar surface area (TPSA) is 63.2 Å². The van der Waals surface area contributed by atoms with Gasteiger partial charge in [0.2, 0.25) is 5.91 Å². The van der Waals surface area contributed by atoms with Crippen molar-refractivity contribution in [3.05, 3.63) is 101 Å². The highest BCUT2D eigenvalue weighted by atomic mass is 16.2. The molecule has 0 spiro atoms. The molecule has 4 nitrogen and oxygen atoms in total. The zero-order valence-corrected chi connectivity index (χ0v) is 15.4. The minimum absolute atomic E-state index is 0.239. The standard InChI is InChI=1S/C24H19NO3/c1-16-8-7-11-18(14-16)25-21(26)15-24(17-9-3-2-4-10-17)22(27)19-12-5-6-13-20(19)23(24)28/h2-14H,15H2,1H3,(H,25,26). The molecule has 0 saturated heterocycles. The summed E-state index contributed by atoms with van der Waals surface area (Å²) in [5, 5.41) is 2.83. The number of anilines is 1. The highest BCUT2D eigenvalue weighted by molar-refractivity contribution is 6.34. The van der Waals surface area contributed by atoms with E-state index in [1.807, 2.05) is 31.2 Å². The first-order valence-corrected chi connectivity index (χ1v) is 9.13. The summed E-state index contributed by atoms with van der Waals surface area (Å²) in [4.78, 5) is 39.6. The first kappa shape index (κ1) is 17.9. The Hall–Kier alpha value is -3.53. The summed E-state index contributed by atoms with van der Waals surface area (Å²) < 4.78 is 0. The van der Waals surface area contributed by atoms with E-state index in [-0.39, 0.29) is 23.9 Å². The number of carbonyl (C=O) groups is 3. The van der Waals surface area contributed by atoms with E-state index in [1.54, 1.807) is 54.6 Å². The van der Waals surface area contributed by atoms with E-state index in [4.69, 9.17) is 0 Å². The number of Topliss-reactive ketones (excluding diaryl/α,β-unsaturated/α-hetero) is 2. The molecular formula is C24H19NO3. The number of fused-ring (bicyclic) bond motifs is 1. The van der Waals surface area contributed by atoms with Gasteiger partial charge >= 0.3 is 0 Å². The summed E-state index contributed by atoms with van der Waals surface area (Å²) in [7, 11) is 0. The lowest BCUT2D eigenvalue weighted by molar-refractivity contribution is -0.116. The summed E-state index contributed by atoms with van der Waals surface area (Å²) in [5.41, 5.74) is 1.42. The SMILES string of the molecule is Cc1cccc(NC(=O)CC2(c3ccccc3)C(=O)c3ccccc3C2=O)c1. The number of hydrogen-bond donors (Lipinski definition) is 1. The van der Waals surface area contributed by atoms with Crippen molar-refractivity contribution in [1.29, 1.82) is 0 Å². The zero-order chi connectivity index (χ0) is 19.7. The molecule has 0 fully saturated rings. The second-order valence-electron chi connectivity index (χ2n) is 7.07. The maximum atomic E-state index is 13.4. The van der Waals surface area contributed by atoms with Crippen molar-refractivity contribution < 1.29 is 14.4 Å². The Labute approximate surface area is 163 Å². The van der Waals surface area contributed by atoms with Crippen molar-refractivity contribution >= 4 is 23.2 Å². The molecule has 0 radical (unpaired) electrons. The molecule has 1 aliphatic carbocycles. The third-order valence-electron chi connectivity index (χ3n) is 5.19. The lowest BCUT2D eigenvalue weighted by Crippen LogP contribution is -2.41. The van der Waals surface area contributed by atoms with Gasteiger partial charge in [-0.1, -0.05) is 66.7 Å². The van der Waals surface area contributed by atoms with Crippen LogP contribution in [0.25, 0.3) is 0 Å². The molecule has 0 bridgehead atoms. The smallest absolute Gasteiger partial charge is 0.226 e. The summed E-state index contributed by atoms with van der Waals surface area (Å²) in [6.07, 6.45) is -0.239. The van der Waals surface area contributed by atoms with Crippen LogP contribution in [0.1, 0.15) is 38.3 Å². The number of aryl methyl sites for hydroxylation is 1. The molecule has 28 heavy (non-hydrogen) atoms. The van der Waals surface area contributed by atoms with Crippen molar-refractivity contribution in [2.24, 2.45) is 0 Å². The van der Waals surface area contributed by atoms with E-state index in [2.05, 4.69) is 5.32 Å². The highest BCUT2D eigenvalue weighted by Crippen LogP contribution is 2.42. The third-order valence-corrected chi connectivity index (χ3v) is 5.19. The fraction of sp³-hybridized carbons (Fsp3) is 0.125. The normalized spacial score (nSPS) is 14.6. The summed E-state index contributed by atoms with van der Waals surface area (Å²) >= 11 is 0. The van der Waals surface area contributed by atoms with Crippen LogP contribution < -0.4 is 5.32 Å². The van der Waals surface area contributed by atoms with Crippen LogP contribution in [0.5, 0.6) is 0 Å². The Morgan fingerprint density at radius 2 is 1.43 bits per heavy atom. The predicted molar refractivity (Wildman–Crippen MR) is 108 cm³/mol. The number of rotatable bonds is 4. The monoisotopic (exact) mass is 369 g/mol. The van der Waals surface area contributed by atoms with Gasteiger partial charge in [-0.05, 0) is 30.2 Å². The van der Waals surface area contributed by atoms with E-state index in [9.17, 15) is 14.4 Å². The average molecular weight is 369 g/mol. The first-order valence-electron chi connectivity index (χ1n) is 9.13. The largest absolute Gasteiger partial charge is 0.326 e. The van der Waals surface area contributed by atoms with Crippen LogP contribution in [-0.4, -0.2) is 17.5 Å². The van der Waals surface area contributed by atoms with Gasteiger partial charge in [-0.2, -0.15) is 0 Å². The Kier molecular flexibility index (Phi) is 4.40. The first-order chi connectivity index (χ1) is 13.5. The fourth-order valence-electron chi connectivity index (χ4n) is 3.86. The summed E-state index contributed by atoms with van der Waals surface area (Å²) in [6, 6.07) is 23.0. The Balaban J connectivity index is 1.75. The van der Waals surface area contributed by atoms with Crippen molar-refractivity contribution in [3.63, 3.8) is 0 Å². The molecule has 4 rings (SSSR count). The van der Waals surface area contributed by atoms with Gasteiger partial charge < -0.3 is 5.32 Å². The van der Waals surface area contributed by atoms with Gasteiger partial charge in [0.1, 0.15) is 5.41 Å². The molecule has 1 N–H and O–H groups in total. The van der Waals surface area contributed by atoms with E-state index >= 15 is 0 Å². The molecule has 0 unspecified atom stereocenters. The molecule has 0 aromatic heterocycles. The molecule has 0 atom stereocenters. The molecule has 138 valence electrons. The van der Waals surface area contributed by atoms with Gasteiger partial charge in [0, 0.05) is 16.8 Å². The number of nitrogens with one attached hydrogen (secondary N) is 1. The molecule has 0 aliphatic heterocycles. The van der Waals surface area contributed by atoms with Crippen molar-refractivity contribution in [1.82, 2.24) is 0 Å². The zero-order valence-electron chi connectivity index (χ0n) is 15.4. The van der Waals surface area contributed by atoms with Crippen LogP contribution in [0.4, 0.5) is 5.69 Å². The van der Waals surface area contributed by atoms with Gasteiger partial charge in [0.25, 0.3) is 0 Å². The van der Waals surface area contributed by atoms with Crippen molar-refractivity contribution in [3.8, 4) is 0 Å². The molecule has 0 heterocycles. The second-order valence-corrected chi connectivity index (χ2v) is 7.07. The molecule has 4 heteroatoms. The number of benzene rings is 3. The van der Waals surface area contributed by atoms with Crippen LogP contribution in [0, 0.1) is 6.92 Å². The maximum absolute atomic E-state index is 13.4. The van der Waals surface area contributed by atoms with Crippen molar-refractivity contribution in [2.45, 2.75) is 18.8 Å². The van der Waals surface area contributed by atoms with Crippen LogP contribution in [0.3, 0.4) is 0 Å². The lowest BCUT2D eigenvalue weighted by atomic mass is 9.73. The van der Waals surface area contributed by atoms with E-state index in [1.165, 1.54) is 0 Å². The molecular weight excluding hydrogens is 350 g/mol. The Morgan fingerprint density at radius 3 is 2.04 bits per heavy atom. The second kappa shape index (κ2) is 6.89.